The summed E-state index contributed by atoms with van der Waals surface area (Å²) in [6.07, 6.45) is 5.23. The van der Waals surface area contributed by atoms with Crippen molar-refractivity contribution in [2.24, 2.45) is 5.92 Å². The monoisotopic (exact) mass is 234 g/mol. The summed E-state index contributed by atoms with van der Waals surface area (Å²) in [6, 6.07) is 2.03. The summed E-state index contributed by atoms with van der Waals surface area (Å²) >= 11 is 0. The fourth-order valence-corrected chi connectivity index (χ4v) is 1.95. The third-order valence-corrected chi connectivity index (χ3v) is 3.11. The van der Waals surface area contributed by atoms with Crippen molar-refractivity contribution >= 4 is 5.52 Å². The molecular formula is C12H18N4O. The van der Waals surface area contributed by atoms with Crippen LogP contribution in [0.3, 0.4) is 0 Å². The van der Waals surface area contributed by atoms with Crippen molar-refractivity contribution in [3.8, 4) is 0 Å². The van der Waals surface area contributed by atoms with Crippen LogP contribution in [-0.4, -0.2) is 27.3 Å². The van der Waals surface area contributed by atoms with Crippen molar-refractivity contribution < 1.29 is 0 Å². The lowest BCUT2D eigenvalue weighted by Crippen LogP contribution is -2.38. The topological polar surface area (TPSA) is 51.3 Å². The van der Waals surface area contributed by atoms with E-state index in [1.165, 1.54) is 0 Å². The Labute approximate surface area is 100 Å². The third-order valence-electron chi connectivity index (χ3n) is 3.11. The molecule has 1 atom stereocenters. The number of nitrogens with one attached hydrogen (secondary N) is 1. The number of likely N-dealkylation sites (N-methyl/N-ethyl adjacent to an activating group) is 1. The molecule has 5 heteroatoms. The van der Waals surface area contributed by atoms with Crippen LogP contribution < -0.4 is 10.9 Å². The van der Waals surface area contributed by atoms with E-state index in [2.05, 4.69) is 24.3 Å². The Kier molecular flexibility index (Phi) is 3.28. The van der Waals surface area contributed by atoms with E-state index in [1.54, 1.807) is 27.5 Å². The molecule has 92 valence electrons. The van der Waals surface area contributed by atoms with Gasteiger partial charge in [0.15, 0.2) is 0 Å². The molecule has 0 radical (unpaired) electrons. The zero-order chi connectivity index (χ0) is 12.4. The number of hydrogen-bond donors (Lipinski definition) is 1. The fourth-order valence-electron chi connectivity index (χ4n) is 1.95. The smallest absolute Gasteiger partial charge is 0.276 e. The maximum Gasteiger partial charge on any atom is 0.276 e. The average Bonchev–Trinajstić information content (AvgIpc) is 2.76. The van der Waals surface area contributed by atoms with Crippen molar-refractivity contribution in [1.29, 1.82) is 0 Å². The van der Waals surface area contributed by atoms with Crippen LogP contribution in [0, 0.1) is 5.92 Å². The maximum absolute atomic E-state index is 12.1. The third kappa shape index (κ3) is 2.24. The molecule has 0 aliphatic carbocycles. The van der Waals surface area contributed by atoms with Gasteiger partial charge in [-0.15, -0.1) is 0 Å². The molecule has 1 unspecified atom stereocenters. The Morgan fingerprint density at radius 1 is 1.41 bits per heavy atom. The van der Waals surface area contributed by atoms with Crippen LogP contribution in [0.5, 0.6) is 0 Å². The summed E-state index contributed by atoms with van der Waals surface area (Å²) < 4.78 is 3.33. The first-order valence-electron chi connectivity index (χ1n) is 5.83. The molecule has 2 aromatic rings. The van der Waals surface area contributed by atoms with Gasteiger partial charge in [0.25, 0.3) is 5.56 Å². The number of rotatable bonds is 4. The number of hydrogen-bond acceptors (Lipinski definition) is 3. The summed E-state index contributed by atoms with van der Waals surface area (Å²) in [7, 11) is 1.92. The first-order valence-corrected chi connectivity index (χ1v) is 5.83. The lowest BCUT2D eigenvalue weighted by atomic mass is 10.0. The van der Waals surface area contributed by atoms with Gasteiger partial charge >= 0.3 is 0 Å². The molecule has 0 fully saturated rings. The van der Waals surface area contributed by atoms with E-state index >= 15 is 0 Å². The standard InChI is InChI=1S/C12H18N4O/c1-9(2)10(13-3)8-15-6-7-16-11(12(15)17)4-5-14-16/h4-7,9-10,13H,8H2,1-3H3. The molecule has 0 saturated carbocycles. The van der Waals surface area contributed by atoms with E-state index in [0.717, 1.165) is 0 Å². The molecule has 2 aromatic heterocycles. The lowest BCUT2D eigenvalue weighted by molar-refractivity contribution is 0.373. The molecule has 0 aliphatic rings. The largest absolute Gasteiger partial charge is 0.315 e. The van der Waals surface area contributed by atoms with E-state index in [1.807, 2.05) is 13.2 Å². The number of aromatic nitrogens is 3. The number of fused-ring (bicyclic) bond motifs is 1. The molecule has 0 spiro atoms. The molecule has 2 heterocycles. The van der Waals surface area contributed by atoms with E-state index in [4.69, 9.17) is 0 Å². The maximum atomic E-state index is 12.1. The van der Waals surface area contributed by atoms with Crippen molar-refractivity contribution in [2.75, 3.05) is 7.05 Å². The minimum Gasteiger partial charge on any atom is -0.315 e. The minimum atomic E-state index is 0.00546. The van der Waals surface area contributed by atoms with Gasteiger partial charge in [-0.25, -0.2) is 4.52 Å². The Balaban J connectivity index is 2.36. The highest BCUT2D eigenvalue weighted by molar-refractivity contribution is 5.42. The van der Waals surface area contributed by atoms with Gasteiger partial charge in [0.1, 0.15) is 5.52 Å². The van der Waals surface area contributed by atoms with Crippen molar-refractivity contribution in [2.45, 2.75) is 26.4 Å². The quantitative estimate of drug-likeness (QED) is 0.849. The summed E-state index contributed by atoms with van der Waals surface area (Å²) in [5.41, 5.74) is 0.622. The van der Waals surface area contributed by atoms with Crippen LogP contribution in [0.4, 0.5) is 0 Å². The summed E-state index contributed by atoms with van der Waals surface area (Å²) in [5, 5.41) is 7.28. The highest BCUT2D eigenvalue weighted by Gasteiger charge is 2.13. The summed E-state index contributed by atoms with van der Waals surface area (Å²) in [5.74, 6) is 0.480. The SMILES string of the molecule is CNC(Cn1ccn2nccc2c1=O)C(C)C. The summed E-state index contributed by atoms with van der Waals surface area (Å²) in [4.78, 5) is 12.1. The van der Waals surface area contributed by atoms with Crippen LogP contribution in [0.15, 0.2) is 29.5 Å². The Morgan fingerprint density at radius 3 is 2.82 bits per heavy atom. The van der Waals surface area contributed by atoms with E-state index in [0.29, 0.717) is 18.0 Å². The first kappa shape index (κ1) is 11.9. The first-order chi connectivity index (χ1) is 8.13. The summed E-state index contributed by atoms with van der Waals surface area (Å²) in [6.45, 7) is 4.96. The lowest BCUT2D eigenvalue weighted by Gasteiger charge is -2.21. The molecular weight excluding hydrogens is 216 g/mol. The fraction of sp³-hybridized carbons (Fsp3) is 0.500. The molecule has 0 amide bonds. The minimum absolute atomic E-state index is 0.00546. The van der Waals surface area contributed by atoms with Gasteiger partial charge in [-0.3, -0.25) is 4.79 Å². The Hall–Kier alpha value is -1.62. The van der Waals surface area contributed by atoms with Crippen LogP contribution in [0.1, 0.15) is 13.8 Å². The van der Waals surface area contributed by atoms with Crippen LogP contribution in [-0.2, 0) is 6.54 Å². The van der Waals surface area contributed by atoms with Gasteiger partial charge < -0.3 is 9.88 Å². The predicted octanol–water partition coefficient (Wildman–Crippen LogP) is 0.740. The highest BCUT2D eigenvalue weighted by atomic mass is 16.1. The van der Waals surface area contributed by atoms with Gasteiger partial charge in [-0.05, 0) is 19.0 Å². The van der Waals surface area contributed by atoms with E-state index < -0.39 is 0 Å². The van der Waals surface area contributed by atoms with Crippen LogP contribution in [0.25, 0.3) is 5.52 Å². The van der Waals surface area contributed by atoms with Gasteiger partial charge in [-0.1, -0.05) is 13.8 Å². The van der Waals surface area contributed by atoms with Crippen molar-refractivity contribution in [3.05, 3.63) is 35.0 Å². The predicted molar refractivity (Wildman–Crippen MR) is 67.1 cm³/mol. The number of nitrogens with zero attached hydrogens (tertiary/aromatic N) is 3. The zero-order valence-corrected chi connectivity index (χ0v) is 10.4. The van der Waals surface area contributed by atoms with Crippen LogP contribution >= 0.6 is 0 Å². The van der Waals surface area contributed by atoms with Crippen LogP contribution in [0.2, 0.25) is 0 Å². The highest BCUT2D eigenvalue weighted by Crippen LogP contribution is 2.03. The zero-order valence-electron chi connectivity index (χ0n) is 10.4. The molecule has 0 bridgehead atoms. The second-order valence-electron chi connectivity index (χ2n) is 4.56. The van der Waals surface area contributed by atoms with E-state index in [-0.39, 0.29) is 11.6 Å². The molecule has 5 nitrogen and oxygen atoms in total. The molecule has 1 N–H and O–H groups in total. The van der Waals surface area contributed by atoms with Gasteiger partial charge in [0, 0.05) is 25.0 Å². The molecule has 0 saturated heterocycles. The Morgan fingerprint density at radius 2 is 2.18 bits per heavy atom. The van der Waals surface area contributed by atoms with Gasteiger partial charge in [0.2, 0.25) is 0 Å². The average molecular weight is 234 g/mol. The molecule has 2 rings (SSSR count). The normalized spacial score (nSPS) is 13.4. The van der Waals surface area contributed by atoms with E-state index in [9.17, 15) is 4.79 Å². The second kappa shape index (κ2) is 4.71. The van der Waals surface area contributed by atoms with Gasteiger partial charge in [0.05, 0.1) is 6.20 Å². The molecule has 0 aromatic carbocycles. The van der Waals surface area contributed by atoms with Gasteiger partial charge in [-0.2, -0.15) is 5.10 Å². The molecule has 0 aliphatic heterocycles. The van der Waals surface area contributed by atoms with Crippen molar-refractivity contribution in [3.63, 3.8) is 0 Å². The molecule has 17 heavy (non-hydrogen) atoms. The van der Waals surface area contributed by atoms with Crippen molar-refractivity contribution in [1.82, 2.24) is 19.5 Å². The Bertz CT molecular complexity index is 555. The second-order valence-corrected chi connectivity index (χ2v) is 4.56.